The topological polar surface area (TPSA) is 131 Å². The number of sulfonamides is 1. The number of aromatic carboxylic acids is 1. The van der Waals surface area contributed by atoms with Crippen LogP contribution in [0.15, 0.2) is 59.5 Å². The fourth-order valence-electron chi connectivity index (χ4n) is 2.92. The van der Waals surface area contributed by atoms with Crippen molar-refractivity contribution in [1.29, 1.82) is 0 Å². The monoisotopic (exact) mass is 524 g/mol. The van der Waals surface area contributed by atoms with Crippen LogP contribution in [-0.4, -0.2) is 39.6 Å². The van der Waals surface area contributed by atoms with Gasteiger partial charge in [0.2, 0.25) is 0 Å². The van der Waals surface area contributed by atoms with Gasteiger partial charge in [0.1, 0.15) is 0 Å². The van der Waals surface area contributed by atoms with Crippen molar-refractivity contribution in [3.05, 3.63) is 75.8 Å². The van der Waals surface area contributed by atoms with Crippen molar-refractivity contribution in [2.24, 2.45) is 0 Å². The van der Waals surface area contributed by atoms with Gasteiger partial charge in [-0.05, 0) is 54.6 Å². The van der Waals surface area contributed by atoms with Crippen LogP contribution in [0.4, 0.5) is 11.4 Å². The Morgan fingerprint density at radius 1 is 0.882 bits per heavy atom. The summed E-state index contributed by atoms with van der Waals surface area (Å²) in [4.78, 5) is 23.7. The maximum absolute atomic E-state index is 12.9. The van der Waals surface area contributed by atoms with Crippen molar-refractivity contribution in [3.8, 4) is 11.5 Å². The standard InChI is InChI=1S/C22H18Cl2N2O7S/c1-32-19-10-13(21(27)25-14-5-3-12(4-6-14)22(28)29)9-18(20(19)33-2)26-34(30,31)15-7-8-16(23)17(24)11-15/h3-11,26H,1-2H3,(H,25,27)(H,28,29). The number of carbonyl (C=O) groups excluding carboxylic acids is 1. The van der Waals surface area contributed by atoms with Crippen LogP contribution in [0.1, 0.15) is 20.7 Å². The number of halogens is 2. The highest BCUT2D eigenvalue weighted by Gasteiger charge is 2.22. The van der Waals surface area contributed by atoms with Gasteiger partial charge in [0.05, 0.1) is 40.4 Å². The number of hydrogen-bond acceptors (Lipinski definition) is 6. The summed E-state index contributed by atoms with van der Waals surface area (Å²) in [6.45, 7) is 0. The van der Waals surface area contributed by atoms with Crippen molar-refractivity contribution >= 4 is 56.5 Å². The van der Waals surface area contributed by atoms with Crippen LogP contribution in [0.25, 0.3) is 0 Å². The van der Waals surface area contributed by atoms with Gasteiger partial charge in [-0.3, -0.25) is 9.52 Å². The molecule has 1 amide bonds. The Balaban J connectivity index is 1.96. The van der Waals surface area contributed by atoms with Gasteiger partial charge in [-0.2, -0.15) is 0 Å². The lowest BCUT2D eigenvalue weighted by atomic mass is 10.1. The lowest BCUT2D eigenvalue weighted by Crippen LogP contribution is -2.16. The van der Waals surface area contributed by atoms with Crippen molar-refractivity contribution in [3.63, 3.8) is 0 Å². The summed E-state index contributed by atoms with van der Waals surface area (Å²) in [5.41, 5.74) is 0.386. The van der Waals surface area contributed by atoms with Gasteiger partial charge in [0, 0.05) is 11.3 Å². The number of carboxylic acids is 1. The molecule has 0 unspecified atom stereocenters. The largest absolute Gasteiger partial charge is 0.493 e. The number of carboxylic acid groups (broad SMARTS) is 1. The third-order valence-corrected chi connectivity index (χ3v) is 6.68. The number of hydrogen-bond donors (Lipinski definition) is 3. The summed E-state index contributed by atoms with van der Waals surface area (Å²) < 4.78 is 38.8. The van der Waals surface area contributed by atoms with Gasteiger partial charge in [-0.25, -0.2) is 13.2 Å². The van der Waals surface area contributed by atoms with Gasteiger partial charge in [-0.15, -0.1) is 0 Å². The predicted molar refractivity (Wildman–Crippen MR) is 128 cm³/mol. The van der Waals surface area contributed by atoms with E-state index in [9.17, 15) is 18.0 Å². The third kappa shape index (κ3) is 5.53. The molecule has 0 radical (unpaired) electrons. The van der Waals surface area contributed by atoms with Crippen molar-refractivity contribution < 1.29 is 32.6 Å². The first kappa shape index (κ1) is 25.2. The molecule has 3 N–H and O–H groups in total. The average Bonchev–Trinajstić information content (AvgIpc) is 2.80. The molecule has 0 fully saturated rings. The number of amides is 1. The van der Waals surface area contributed by atoms with E-state index in [1.807, 2.05) is 0 Å². The first-order chi connectivity index (χ1) is 16.1. The number of benzene rings is 3. The summed E-state index contributed by atoms with van der Waals surface area (Å²) in [6.07, 6.45) is 0. The summed E-state index contributed by atoms with van der Waals surface area (Å²) in [6, 6.07) is 12.0. The molecule has 0 atom stereocenters. The van der Waals surface area contributed by atoms with Gasteiger partial charge in [0.25, 0.3) is 15.9 Å². The zero-order chi connectivity index (χ0) is 25.0. The molecule has 178 valence electrons. The molecule has 0 heterocycles. The Bertz CT molecular complexity index is 1360. The van der Waals surface area contributed by atoms with Crippen molar-refractivity contribution in [1.82, 2.24) is 0 Å². The Labute approximate surface area is 205 Å². The normalized spacial score (nSPS) is 10.9. The molecule has 0 saturated heterocycles. The summed E-state index contributed by atoms with van der Waals surface area (Å²) >= 11 is 11.8. The Morgan fingerprint density at radius 3 is 2.12 bits per heavy atom. The maximum Gasteiger partial charge on any atom is 0.335 e. The highest BCUT2D eigenvalue weighted by Crippen LogP contribution is 2.38. The number of ether oxygens (including phenoxy) is 2. The molecule has 12 heteroatoms. The number of carbonyl (C=O) groups is 2. The summed E-state index contributed by atoms with van der Waals surface area (Å²) in [7, 11) is -1.49. The van der Waals surface area contributed by atoms with E-state index < -0.39 is 21.9 Å². The van der Waals surface area contributed by atoms with Crippen LogP contribution >= 0.6 is 23.2 Å². The Kier molecular flexibility index (Phi) is 7.55. The van der Waals surface area contributed by atoms with E-state index in [-0.39, 0.29) is 43.3 Å². The van der Waals surface area contributed by atoms with Crippen LogP contribution < -0.4 is 19.5 Å². The second-order valence-electron chi connectivity index (χ2n) is 6.78. The highest BCUT2D eigenvalue weighted by atomic mass is 35.5. The number of nitrogens with one attached hydrogen (secondary N) is 2. The van der Waals surface area contributed by atoms with E-state index in [1.165, 1.54) is 68.8 Å². The van der Waals surface area contributed by atoms with E-state index in [1.54, 1.807) is 0 Å². The molecule has 0 aliphatic heterocycles. The molecule has 0 bridgehead atoms. The van der Waals surface area contributed by atoms with E-state index >= 15 is 0 Å². The Hall–Kier alpha value is -3.47. The Morgan fingerprint density at radius 2 is 1.56 bits per heavy atom. The number of rotatable bonds is 8. The van der Waals surface area contributed by atoms with Gasteiger partial charge in [0.15, 0.2) is 11.5 Å². The molecule has 3 rings (SSSR count). The highest BCUT2D eigenvalue weighted by molar-refractivity contribution is 7.92. The minimum Gasteiger partial charge on any atom is -0.493 e. The smallest absolute Gasteiger partial charge is 0.335 e. The van der Waals surface area contributed by atoms with Gasteiger partial charge in [-0.1, -0.05) is 23.2 Å². The molecule has 0 spiro atoms. The van der Waals surface area contributed by atoms with Crippen LogP contribution in [0.3, 0.4) is 0 Å². The lowest BCUT2D eigenvalue weighted by Gasteiger charge is -2.17. The molecular formula is C22H18Cl2N2O7S. The second kappa shape index (κ2) is 10.2. The molecule has 3 aromatic carbocycles. The molecule has 9 nitrogen and oxygen atoms in total. The maximum atomic E-state index is 12.9. The van der Waals surface area contributed by atoms with Gasteiger partial charge < -0.3 is 19.9 Å². The number of methoxy groups -OCH3 is 2. The van der Waals surface area contributed by atoms with Gasteiger partial charge >= 0.3 is 5.97 Å². The van der Waals surface area contributed by atoms with Crippen molar-refractivity contribution in [2.45, 2.75) is 4.90 Å². The first-order valence-corrected chi connectivity index (χ1v) is 11.7. The predicted octanol–water partition coefficient (Wildman–Crippen LogP) is 4.76. The molecule has 3 aromatic rings. The minimum absolute atomic E-state index is 0.0480. The van der Waals surface area contributed by atoms with Crippen molar-refractivity contribution in [2.75, 3.05) is 24.3 Å². The fourth-order valence-corrected chi connectivity index (χ4v) is 4.36. The van der Waals surface area contributed by atoms with E-state index in [0.29, 0.717) is 5.69 Å². The van der Waals surface area contributed by atoms with E-state index in [2.05, 4.69) is 10.0 Å². The lowest BCUT2D eigenvalue weighted by molar-refractivity contribution is 0.0696. The molecule has 0 aliphatic carbocycles. The zero-order valence-electron chi connectivity index (χ0n) is 17.8. The minimum atomic E-state index is -4.14. The van der Waals surface area contributed by atoms with Crippen LogP contribution in [0.5, 0.6) is 11.5 Å². The van der Waals surface area contributed by atoms with E-state index in [4.69, 9.17) is 37.8 Å². The molecule has 0 aromatic heterocycles. The average molecular weight is 525 g/mol. The summed E-state index contributed by atoms with van der Waals surface area (Å²) in [5, 5.41) is 11.8. The molecule has 0 aliphatic rings. The van der Waals surface area contributed by atoms with Crippen LogP contribution in [0, 0.1) is 0 Å². The van der Waals surface area contributed by atoms with Crippen LogP contribution in [-0.2, 0) is 10.0 Å². The SMILES string of the molecule is COc1cc(C(=O)Nc2ccc(C(=O)O)cc2)cc(NS(=O)(=O)c2ccc(Cl)c(Cl)c2)c1OC. The number of anilines is 2. The molecular weight excluding hydrogens is 507 g/mol. The third-order valence-electron chi connectivity index (χ3n) is 4.58. The summed E-state index contributed by atoms with van der Waals surface area (Å²) in [5.74, 6) is -1.55. The first-order valence-electron chi connectivity index (χ1n) is 9.44. The van der Waals surface area contributed by atoms with Crippen LogP contribution in [0.2, 0.25) is 10.0 Å². The molecule has 34 heavy (non-hydrogen) atoms. The van der Waals surface area contributed by atoms with E-state index in [0.717, 1.165) is 0 Å². The zero-order valence-corrected chi connectivity index (χ0v) is 20.1. The molecule has 0 saturated carbocycles. The fraction of sp³-hybridized carbons (Fsp3) is 0.0909. The quantitative estimate of drug-likeness (QED) is 0.387. The second-order valence-corrected chi connectivity index (χ2v) is 9.27.